The van der Waals surface area contributed by atoms with Crippen molar-refractivity contribution in [1.29, 1.82) is 0 Å². The summed E-state index contributed by atoms with van der Waals surface area (Å²) in [6.07, 6.45) is 0. The zero-order valence-corrected chi connectivity index (χ0v) is 15.1. The van der Waals surface area contributed by atoms with Crippen LogP contribution in [0.1, 0.15) is 5.82 Å². The van der Waals surface area contributed by atoms with Gasteiger partial charge in [-0.05, 0) is 31.2 Å². The number of hydrogen-bond donors (Lipinski definition) is 1. The Balaban J connectivity index is 1.73. The zero-order valence-electron chi connectivity index (χ0n) is 12.7. The van der Waals surface area contributed by atoms with Crippen LogP contribution in [0.5, 0.6) is 0 Å². The lowest BCUT2D eigenvalue weighted by atomic mass is 10.2. The van der Waals surface area contributed by atoms with Gasteiger partial charge in [0.25, 0.3) is 0 Å². The number of aryl methyl sites for hydroxylation is 1. The highest BCUT2D eigenvalue weighted by atomic mass is 79.9. The molecule has 24 heavy (non-hydrogen) atoms. The minimum absolute atomic E-state index is 0.135. The van der Waals surface area contributed by atoms with Gasteiger partial charge in [-0.3, -0.25) is 4.79 Å². The molecule has 0 spiro atoms. The Morgan fingerprint density at radius 3 is 2.83 bits per heavy atom. The monoisotopic (exact) mass is 405 g/mol. The van der Waals surface area contributed by atoms with E-state index in [0.29, 0.717) is 10.3 Å². The molecule has 0 fully saturated rings. The van der Waals surface area contributed by atoms with E-state index >= 15 is 0 Å². The second-order valence-electron chi connectivity index (χ2n) is 5.05. The number of para-hydroxylation sites is 1. The number of benzene rings is 2. The van der Waals surface area contributed by atoms with Crippen LogP contribution in [0.25, 0.3) is 10.9 Å². The molecule has 0 bridgehead atoms. The maximum Gasteiger partial charge on any atom is 0.234 e. The van der Waals surface area contributed by atoms with Gasteiger partial charge in [0, 0.05) is 9.86 Å². The number of hydrogen-bond acceptors (Lipinski definition) is 4. The van der Waals surface area contributed by atoms with E-state index in [2.05, 4.69) is 31.2 Å². The Hall–Kier alpha value is -1.99. The van der Waals surface area contributed by atoms with Gasteiger partial charge in [-0.1, -0.05) is 45.9 Å². The number of aromatic nitrogens is 2. The highest BCUT2D eigenvalue weighted by molar-refractivity contribution is 9.10. The van der Waals surface area contributed by atoms with Crippen molar-refractivity contribution in [3.63, 3.8) is 0 Å². The van der Waals surface area contributed by atoms with Crippen LogP contribution in [0.3, 0.4) is 0 Å². The SMILES string of the molecule is Cc1nc(SCC(=O)Nc2ccc(Br)cc2F)c2ccccc2n1. The predicted octanol–water partition coefficient (Wildman–Crippen LogP) is 4.57. The molecule has 0 saturated carbocycles. The number of halogens is 2. The molecular weight excluding hydrogens is 393 g/mol. The summed E-state index contributed by atoms with van der Waals surface area (Å²) in [7, 11) is 0. The number of fused-ring (bicyclic) bond motifs is 1. The first-order chi connectivity index (χ1) is 11.5. The number of carbonyl (C=O) groups excluding carboxylic acids is 1. The van der Waals surface area contributed by atoms with Crippen LogP contribution in [-0.2, 0) is 4.79 Å². The van der Waals surface area contributed by atoms with E-state index in [1.807, 2.05) is 31.2 Å². The molecule has 4 nitrogen and oxygen atoms in total. The maximum absolute atomic E-state index is 13.8. The van der Waals surface area contributed by atoms with Crippen LogP contribution in [0.2, 0.25) is 0 Å². The van der Waals surface area contributed by atoms with E-state index in [1.54, 1.807) is 6.07 Å². The summed E-state index contributed by atoms with van der Waals surface area (Å²) in [6, 6.07) is 12.1. The molecule has 0 aliphatic heterocycles. The quantitative estimate of drug-likeness (QED) is 0.510. The molecule has 0 aliphatic carbocycles. The molecule has 3 rings (SSSR count). The Bertz CT molecular complexity index is 919. The third kappa shape index (κ3) is 3.91. The van der Waals surface area contributed by atoms with Crippen LogP contribution < -0.4 is 5.32 Å². The summed E-state index contributed by atoms with van der Waals surface area (Å²) in [5.74, 6) is 0.0128. The molecule has 0 radical (unpaired) electrons. The van der Waals surface area contributed by atoms with Gasteiger partial charge in [-0.2, -0.15) is 0 Å². The van der Waals surface area contributed by atoms with Crippen molar-refractivity contribution in [3.8, 4) is 0 Å². The maximum atomic E-state index is 13.8. The first kappa shape index (κ1) is 16.9. The zero-order chi connectivity index (χ0) is 17.1. The van der Waals surface area contributed by atoms with Crippen molar-refractivity contribution in [2.45, 2.75) is 11.9 Å². The number of anilines is 1. The Labute approximate surface area is 151 Å². The molecular formula is C17H13BrFN3OS. The molecule has 1 N–H and O–H groups in total. The summed E-state index contributed by atoms with van der Waals surface area (Å²) in [4.78, 5) is 20.9. The molecule has 7 heteroatoms. The lowest BCUT2D eigenvalue weighted by Crippen LogP contribution is -2.15. The largest absolute Gasteiger partial charge is 0.323 e. The minimum Gasteiger partial charge on any atom is -0.323 e. The highest BCUT2D eigenvalue weighted by Gasteiger charge is 2.11. The summed E-state index contributed by atoms with van der Waals surface area (Å²) in [6.45, 7) is 1.81. The van der Waals surface area contributed by atoms with Crippen molar-refractivity contribution in [1.82, 2.24) is 9.97 Å². The standard InChI is InChI=1S/C17H13BrFN3OS/c1-10-20-14-5-3-2-4-12(14)17(21-10)24-9-16(23)22-15-7-6-11(18)8-13(15)19/h2-8H,9H2,1H3,(H,22,23). The Morgan fingerprint density at radius 1 is 1.25 bits per heavy atom. The van der Waals surface area contributed by atoms with E-state index < -0.39 is 5.82 Å². The summed E-state index contributed by atoms with van der Waals surface area (Å²) in [5.41, 5.74) is 0.999. The molecule has 2 aromatic carbocycles. The number of carbonyl (C=O) groups is 1. The van der Waals surface area contributed by atoms with Gasteiger partial charge in [-0.25, -0.2) is 14.4 Å². The van der Waals surface area contributed by atoms with Gasteiger partial charge in [0.1, 0.15) is 16.7 Å². The minimum atomic E-state index is -0.481. The lowest BCUT2D eigenvalue weighted by Gasteiger charge is -2.08. The average Bonchev–Trinajstić information content (AvgIpc) is 2.55. The predicted molar refractivity (Wildman–Crippen MR) is 97.7 cm³/mol. The lowest BCUT2D eigenvalue weighted by molar-refractivity contribution is -0.113. The van der Waals surface area contributed by atoms with E-state index in [0.717, 1.165) is 15.9 Å². The highest BCUT2D eigenvalue weighted by Crippen LogP contribution is 2.25. The van der Waals surface area contributed by atoms with Crippen molar-refractivity contribution >= 4 is 50.2 Å². The summed E-state index contributed by atoms with van der Waals surface area (Å²) in [5, 5.41) is 4.21. The van der Waals surface area contributed by atoms with Crippen LogP contribution in [-0.4, -0.2) is 21.6 Å². The Morgan fingerprint density at radius 2 is 2.04 bits per heavy atom. The molecule has 1 amide bonds. The summed E-state index contributed by atoms with van der Waals surface area (Å²) >= 11 is 4.49. The molecule has 122 valence electrons. The van der Waals surface area contributed by atoms with Crippen molar-refractivity contribution < 1.29 is 9.18 Å². The molecule has 3 aromatic rings. The number of rotatable bonds is 4. The first-order valence-electron chi connectivity index (χ1n) is 7.14. The van der Waals surface area contributed by atoms with E-state index in [9.17, 15) is 9.18 Å². The van der Waals surface area contributed by atoms with Gasteiger partial charge in [0.05, 0.1) is 17.0 Å². The third-order valence-corrected chi connectivity index (χ3v) is 4.71. The number of thioether (sulfide) groups is 1. The third-order valence-electron chi connectivity index (χ3n) is 3.23. The van der Waals surface area contributed by atoms with Gasteiger partial charge in [0.15, 0.2) is 0 Å². The van der Waals surface area contributed by atoms with Crippen LogP contribution in [0, 0.1) is 12.7 Å². The van der Waals surface area contributed by atoms with Gasteiger partial charge in [0.2, 0.25) is 5.91 Å². The smallest absolute Gasteiger partial charge is 0.234 e. The fourth-order valence-corrected chi connectivity index (χ4v) is 3.38. The fourth-order valence-electron chi connectivity index (χ4n) is 2.18. The second-order valence-corrected chi connectivity index (χ2v) is 6.93. The number of nitrogens with zero attached hydrogens (tertiary/aromatic N) is 2. The Kier molecular flexibility index (Phi) is 5.11. The molecule has 0 unspecified atom stereocenters. The van der Waals surface area contributed by atoms with Crippen molar-refractivity contribution in [2.75, 3.05) is 11.1 Å². The topological polar surface area (TPSA) is 54.9 Å². The second kappa shape index (κ2) is 7.27. The normalized spacial score (nSPS) is 10.8. The fraction of sp³-hybridized carbons (Fsp3) is 0.118. The molecule has 0 aliphatic rings. The molecule has 1 heterocycles. The molecule has 0 saturated heterocycles. The van der Waals surface area contributed by atoms with Gasteiger partial charge >= 0.3 is 0 Å². The van der Waals surface area contributed by atoms with Gasteiger partial charge in [-0.15, -0.1) is 0 Å². The van der Waals surface area contributed by atoms with Crippen molar-refractivity contribution in [3.05, 3.63) is 58.6 Å². The van der Waals surface area contributed by atoms with E-state index in [4.69, 9.17) is 0 Å². The number of nitrogens with one attached hydrogen (secondary N) is 1. The van der Waals surface area contributed by atoms with Crippen LogP contribution in [0.4, 0.5) is 10.1 Å². The van der Waals surface area contributed by atoms with E-state index in [1.165, 1.54) is 23.9 Å². The summed E-state index contributed by atoms with van der Waals surface area (Å²) < 4.78 is 14.4. The molecule has 0 atom stereocenters. The van der Waals surface area contributed by atoms with Gasteiger partial charge < -0.3 is 5.32 Å². The van der Waals surface area contributed by atoms with E-state index in [-0.39, 0.29) is 17.3 Å². The molecule has 1 aromatic heterocycles. The number of amides is 1. The first-order valence-corrected chi connectivity index (χ1v) is 8.92. The van der Waals surface area contributed by atoms with Crippen LogP contribution in [0.15, 0.2) is 52.0 Å². The van der Waals surface area contributed by atoms with Crippen LogP contribution >= 0.6 is 27.7 Å². The average molecular weight is 406 g/mol. The van der Waals surface area contributed by atoms with Crippen molar-refractivity contribution in [2.24, 2.45) is 0 Å².